The second-order valence-corrected chi connectivity index (χ2v) is 4.00. The minimum Gasteiger partial charge on any atom is -0.497 e. The van der Waals surface area contributed by atoms with Crippen molar-refractivity contribution in [1.29, 1.82) is 0 Å². The van der Waals surface area contributed by atoms with Crippen molar-refractivity contribution in [1.82, 2.24) is 9.97 Å². The Morgan fingerprint density at radius 3 is 2.62 bits per heavy atom. The highest BCUT2D eigenvalue weighted by atomic mass is 16.5. The fraction of sp³-hybridized carbons (Fsp3) is 0.333. The summed E-state index contributed by atoms with van der Waals surface area (Å²) in [6.07, 6.45) is 0. The van der Waals surface area contributed by atoms with Crippen molar-refractivity contribution in [3.05, 3.63) is 23.9 Å². The summed E-state index contributed by atoms with van der Waals surface area (Å²) in [5.74, 6) is 1.41. The standard InChI is InChI=1S/C12H15N3O/c1-7(2)11-9-5-4-8(16-3)6-10(9)14-12(13)15-11/h4-7H,1-3H3,(H2,13,14,15). The van der Waals surface area contributed by atoms with Crippen molar-refractivity contribution in [2.45, 2.75) is 19.8 Å². The highest BCUT2D eigenvalue weighted by Crippen LogP contribution is 2.26. The molecular formula is C12H15N3O. The average Bonchev–Trinajstić information content (AvgIpc) is 2.26. The van der Waals surface area contributed by atoms with Gasteiger partial charge >= 0.3 is 0 Å². The molecule has 16 heavy (non-hydrogen) atoms. The van der Waals surface area contributed by atoms with Gasteiger partial charge in [-0.1, -0.05) is 13.8 Å². The molecule has 0 atom stereocenters. The molecule has 0 saturated heterocycles. The summed E-state index contributed by atoms with van der Waals surface area (Å²) in [6.45, 7) is 4.18. The number of nitrogens with zero attached hydrogens (tertiary/aromatic N) is 2. The second-order valence-electron chi connectivity index (χ2n) is 4.00. The summed E-state index contributed by atoms with van der Waals surface area (Å²) >= 11 is 0. The van der Waals surface area contributed by atoms with E-state index in [2.05, 4.69) is 23.8 Å². The lowest BCUT2D eigenvalue weighted by molar-refractivity contribution is 0.415. The van der Waals surface area contributed by atoms with E-state index in [0.29, 0.717) is 11.9 Å². The summed E-state index contributed by atoms with van der Waals surface area (Å²) < 4.78 is 5.16. The van der Waals surface area contributed by atoms with Crippen LogP contribution in [0.4, 0.5) is 5.95 Å². The van der Waals surface area contributed by atoms with Gasteiger partial charge in [-0.2, -0.15) is 0 Å². The van der Waals surface area contributed by atoms with Gasteiger partial charge in [0.25, 0.3) is 0 Å². The fourth-order valence-electron chi connectivity index (χ4n) is 1.72. The molecule has 0 aliphatic rings. The predicted molar refractivity (Wildman–Crippen MR) is 64.6 cm³/mol. The van der Waals surface area contributed by atoms with Gasteiger partial charge in [0.1, 0.15) is 5.75 Å². The zero-order valence-electron chi connectivity index (χ0n) is 9.69. The van der Waals surface area contributed by atoms with Gasteiger partial charge in [-0.15, -0.1) is 0 Å². The molecular weight excluding hydrogens is 202 g/mol. The third-order valence-corrected chi connectivity index (χ3v) is 2.50. The first-order chi connectivity index (χ1) is 7.61. The molecule has 1 aromatic heterocycles. The van der Waals surface area contributed by atoms with E-state index in [9.17, 15) is 0 Å². The van der Waals surface area contributed by atoms with Crippen molar-refractivity contribution < 1.29 is 4.74 Å². The Balaban J connectivity index is 2.73. The molecule has 84 valence electrons. The summed E-state index contributed by atoms with van der Waals surface area (Å²) in [5.41, 5.74) is 7.50. The van der Waals surface area contributed by atoms with Crippen LogP contribution < -0.4 is 10.5 Å². The normalized spacial score (nSPS) is 11.0. The number of methoxy groups -OCH3 is 1. The van der Waals surface area contributed by atoms with E-state index in [0.717, 1.165) is 22.3 Å². The fourth-order valence-corrected chi connectivity index (χ4v) is 1.72. The minimum atomic E-state index is 0.310. The van der Waals surface area contributed by atoms with Crippen LogP contribution in [-0.4, -0.2) is 17.1 Å². The number of hydrogen-bond donors (Lipinski definition) is 1. The molecule has 0 saturated carbocycles. The van der Waals surface area contributed by atoms with Gasteiger partial charge in [-0.05, 0) is 18.1 Å². The van der Waals surface area contributed by atoms with Crippen molar-refractivity contribution in [3.8, 4) is 5.75 Å². The van der Waals surface area contributed by atoms with Gasteiger partial charge in [0.05, 0.1) is 18.3 Å². The maximum atomic E-state index is 5.69. The lowest BCUT2D eigenvalue weighted by Gasteiger charge is -2.10. The number of rotatable bonds is 2. The Bertz CT molecular complexity index is 523. The Morgan fingerprint density at radius 2 is 2.00 bits per heavy atom. The number of aromatic nitrogens is 2. The number of benzene rings is 1. The van der Waals surface area contributed by atoms with E-state index in [4.69, 9.17) is 10.5 Å². The highest BCUT2D eigenvalue weighted by Gasteiger charge is 2.10. The van der Waals surface area contributed by atoms with Crippen LogP contribution in [0.15, 0.2) is 18.2 Å². The second kappa shape index (κ2) is 3.96. The smallest absolute Gasteiger partial charge is 0.220 e. The van der Waals surface area contributed by atoms with Gasteiger partial charge in [-0.25, -0.2) is 9.97 Å². The number of hydrogen-bond acceptors (Lipinski definition) is 4. The first-order valence-corrected chi connectivity index (χ1v) is 5.23. The summed E-state index contributed by atoms with van der Waals surface area (Å²) in [4.78, 5) is 8.50. The van der Waals surface area contributed by atoms with E-state index >= 15 is 0 Å². The van der Waals surface area contributed by atoms with Crippen LogP contribution >= 0.6 is 0 Å². The Hall–Kier alpha value is -1.84. The van der Waals surface area contributed by atoms with E-state index < -0.39 is 0 Å². The molecule has 1 heterocycles. The van der Waals surface area contributed by atoms with Crippen LogP contribution in [0.1, 0.15) is 25.5 Å². The lowest BCUT2D eigenvalue weighted by Crippen LogP contribution is -2.02. The maximum absolute atomic E-state index is 5.69. The molecule has 4 heteroatoms. The topological polar surface area (TPSA) is 61.0 Å². The third-order valence-electron chi connectivity index (χ3n) is 2.50. The number of ether oxygens (including phenoxy) is 1. The quantitative estimate of drug-likeness (QED) is 0.838. The van der Waals surface area contributed by atoms with Crippen molar-refractivity contribution in [2.75, 3.05) is 12.8 Å². The monoisotopic (exact) mass is 217 g/mol. The molecule has 0 spiro atoms. The lowest BCUT2D eigenvalue weighted by atomic mass is 10.0. The first-order valence-electron chi connectivity index (χ1n) is 5.23. The maximum Gasteiger partial charge on any atom is 0.220 e. The molecule has 0 bridgehead atoms. The van der Waals surface area contributed by atoms with Crippen LogP contribution in [0.25, 0.3) is 10.9 Å². The summed E-state index contributed by atoms with van der Waals surface area (Å²) in [5, 5.41) is 1.03. The largest absolute Gasteiger partial charge is 0.497 e. The molecule has 0 radical (unpaired) electrons. The van der Waals surface area contributed by atoms with E-state index in [1.807, 2.05) is 18.2 Å². The zero-order valence-corrected chi connectivity index (χ0v) is 9.69. The third kappa shape index (κ3) is 1.78. The van der Waals surface area contributed by atoms with Gasteiger partial charge in [0, 0.05) is 11.5 Å². The van der Waals surface area contributed by atoms with Crippen LogP contribution in [0, 0.1) is 0 Å². The molecule has 0 aliphatic carbocycles. The summed E-state index contributed by atoms with van der Waals surface area (Å²) in [6, 6.07) is 5.76. The van der Waals surface area contributed by atoms with E-state index in [1.54, 1.807) is 7.11 Å². The highest BCUT2D eigenvalue weighted by molar-refractivity contribution is 5.83. The molecule has 4 nitrogen and oxygen atoms in total. The molecule has 0 fully saturated rings. The van der Waals surface area contributed by atoms with E-state index in [1.165, 1.54) is 0 Å². The molecule has 0 unspecified atom stereocenters. The molecule has 2 rings (SSSR count). The molecule has 0 aliphatic heterocycles. The predicted octanol–water partition coefficient (Wildman–Crippen LogP) is 2.34. The molecule has 0 amide bonds. The average molecular weight is 217 g/mol. The van der Waals surface area contributed by atoms with Crippen molar-refractivity contribution in [3.63, 3.8) is 0 Å². The van der Waals surface area contributed by atoms with Gasteiger partial charge in [-0.3, -0.25) is 0 Å². The first kappa shape index (κ1) is 10.7. The number of nitrogen functional groups attached to an aromatic ring is 1. The Morgan fingerprint density at radius 1 is 1.25 bits per heavy atom. The van der Waals surface area contributed by atoms with E-state index in [-0.39, 0.29) is 0 Å². The van der Waals surface area contributed by atoms with Crippen LogP contribution in [0.5, 0.6) is 5.75 Å². The van der Waals surface area contributed by atoms with Crippen molar-refractivity contribution in [2.24, 2.45) is 0 Å². The van der Waals surface area contributed by atoms with Crippen LogP contribution in [0.2, 0.25) is 0 Å². The van der Waals surface area contributed by atoms with Crippen LogP contribution in [0.3, 0.4) is 0 Å². The van der Waals surface area contributed by atoms with Gasteiger partial charge in [0.2, 0.25) is 5.95 Å². The molecule has 1 aromatic carbocycles. The van der Waals surface area contributed by atoms with Crippen molar-refractivity contribution >= 4 is 16.9 Å². The number of fused-ring (bicyclic) bond motifs is 1. The molecule has 2 aromatic rings. The SMILES string of the molecule is COc1ccc2c(C(C)C)nc(N)nc2c1. The number of nitrogens with two attached hydrogens (primary N) is 1. The summed E-state index contributed by atoms with van der Waals surface area (Å²) in [7, 11) is 1.63. The van der Waals surface area contributed by atoms with Crippen LogP contribution in [-0.2, 0) is 0 Å². The minimum absolute atomic E-state index is 0.310. The molecule has 2 N–H and O–H groups in total. The number of anilines is 1. The van der Waals surface area contributed by atoms with Gasteiger partial charge in [0.15, 0.2) is 0 Å². The zero-order chi connectivity index (χ0) is 11.7. The Labute approximate surface area is 94.5 Å². The Kier molecular flexibility index (Phi) is 2.64. The van der Waals surface area contributed by atoms with Gasteiger partial charge < -0.3 is 10.5 Å².